The topological polar surface area (TPSA) is 33.0 Å². The van der Waals surface area contributed by atoms with Crippen LogP contribution in [0.4, 0.5) is 0 Å². The molecule has 0 aliphatic heterocycles. The molecule has 1 aromatic rings. The summed E-state index contributed by atoms with van der Waals surface area (Å²) >= 11 is 0. The standard InChI is InChI=1S/C8H6NO/c1-10-8-5-3-2-4-7(8)6-9/h2,4-5H,1H3. The van der Waals surface area contributed by atoms with Crippen molar-refractivity contribution in [3.8, 4) is 11.8 Å². The lowest BCUT2D eigenvalue weighted by atomic mass is 10.2. The summed E-state index contributed by atoms with van der Waals surface area (Å²) in [4.78, 5) is 0. The summed E-state index contributed by atoms with van der Waals surface area (Å²) in [6.45, 7) is 0. The van der Waals surface area contributed by atoms with Gasteiger partial charge in [-0.2, -0.15) is 5.26 Å². The van der Waals surface area contributed by atoms with Crippen molar-refractivity contribution in [2.24, 2.45) is 0 Å². The zero-order chi connectivity index (χ0) is 7.40. The molecule has 0 aliphatic rings. The van der Waals surface area contributed by atoms with Crippen molar-refractivity contribution < 1.29 is 4.74 Å². The molecule has 0 heterocycles. The van der Waals surface area contributed by atoms with Crippen molar-refractivity contribution in [1.82, 2.24) is 0 Å². The molecule has 0 atom stereocenters. The molecule has 1 rings (SSSR count). The van der Waals surface area contributed by atoms with Crippen LogP contribution in [0.2, 0.25) is 0 Å². The SMILES string of the molecule is COc1c[c]ccc1C#N. The highest BCUT2D eigenvalue weighted by Gasteiger charge is 1.96. The molecule has 0 saturated carbocycles. The first-order valence-electron chi connectivity index (χ1n) is 2.82. The Morgan fingerprint density at radius 2 is 2.50 bits per heavy atom. The lowest BCUT2D eigenvalue weighted by Gasteiger charge is -1.98. The van der Waals surface area contributed by atoms with Crippen molar-refractivity contribution in [2.75, 3.05) is 7.11 Å². The molecule has 0 amide bonds. The fourth-order valence-electron chi connectivity index (χ4n) is 0.676. The van der Waals surface area contributed by atoms with Crippen LogP contribution in [0.25, 0.3) is 0 Å². The average Bonchev–Trinajstić information content (AvgIpc) is 2.04. The van der Waals surface area contributed by atoms with Gasteiger partial charge in [0.25, 0.3) is 0 Å². The lowest BCUT2D eigenvalue weighted by molar-refractivity contribution is 0.413. The number of hydrogen-bond donors (Lipinski definition) is 0. The van der Waals surface area contributed by atoms with Gasteiger partial charge in [0.05, 0.1) is 12.7 Å². The molecule has 0 N–H and O–H groups in total. The van der Waals surface area contributed by atoms with Crippen molar-refractivity contribution in [2.45, 2.75) is 0 Å². The van der Waals surface area contributed by atoms with E-state index in [0.29, 0.717) is 11.3 Å². The maximum atomic E-state index is 8.51. The van der Waals surface area contributed by atoms with Crippen LogP contribution in [0.1, 0.15) is 5.56 Å². The number of nitrogens with zero attached hydrogens (tertiary/aromatic N) is 1. The minimum Gasteiger partial charge on any atom is -0.495 e. The van der Waals surface area contributed by atoms with Gasteiger partial charge in [0.15, 0.2) is 0 Å². The quantitative estimate of drug-likeness (QED) is 0.578. The number of ether oxygens (including phenoxy) is 1. The summed E-state index contributed by atoms with van der Waals surface area (Å²) in [6.07, 6.45) is 0. The highest BCUT2D eigenvalue weighted by Crippen LogP contribution is 2.14. The Bertz CT molecular complexity index is 262. The van der Waals surface area contributed by atoms with Crippen molar-refractivity contribution >= 4 is 0 Å². The zero-order valence-corrected chi connectivity index (χ0v) is 5.59. The molecule has 0 aliphatic carbocycles. The van der Waals surface area contributed by atoms with E-state index in [1.165, 1.54) is 7.11 Å². The number of benzene rings is 1. The smallest absolute Gasteiger partial charge is 0.137 e. The molecule has 2 nitrogen and oxygen atoms in total. The van der Waals surface area contributed by atoms with Crippen LogP contribution in [-0.2, 0) is 0 Å². The Kier molecular flexibility index (Phi) is 1.91. The largest absolute Gasteiger partial charge is 0.495 e. The summed E-state index contributed by atoms with van der Waals surface area (Å²) in [7, 11) is 1.53. The number of methoxy groups -OCH3 is 1. The molecule has 0 bridgehead atoms. The van der Waals surface area contributed by atoms with Gasteiger partial charge in [-0.05, 0) is 18.2 Å². The monoisotopic (exact) mass is 132 g/mol. The molecule has 2 heteroatoms. The molecule has 1 aromatic carbocycles. The first kappa shape index (κ1) is 6.63. The predicted molar refractivity (Wildman–Crippen MR) is 36.5 cm³/mol. The van der Waals surface area contributed by atoms with Gasteiger partial charge in [-0.1, -0.05) is 6.07 Å². The minimum atomic E-state index is 0.543. The number of nitriles is 1. The van der Waals surface area contributed by atoms with E-state index in [-0.39, 0.29) is 0 Å². The molecule has 0 spiro atoms. The summed E-state index contributed by atoms with van der Waals surface area (Å²) < 4.78 is 4.88. The van der Waals surface area contributed by atoms with E-state index in [2.05, 4.69) is 6.07 Å². The number of hydrogen-bond acceptors (Lipinski definition) is 2. The Morgan fingerprint density at radius 1 is 1.70 bits per heavy atom. The van der Waals surface area contributed by atoms with Gasteiger partial charge in [0.2, 0.25) is 0 Å². The van der Waals surface area contributed by atoms with Crippen molar-refractivity contribution in [3.05, 3.63) is 29.8 Å². The van der Waals surface area contributed by atoms with Crippen LogP contribution < -0.4 is 4.74 Å². The van der Waals surface area contributed by atoms with E-state index in [1.807, 2.05) is 6.07 Å². The van der Waals surface area contributed by atoms with Gasteiger partial charge < -0.3 is 4.74 Å². The second kappa shape index (κ2) is 2.88. The molecule has 10 heavy (non-hydrogen) atoms. The summed E-state index contributed by atoms with van der Waals surface area (Å²) in [6, 6.07) is 9.80. The highest BCUT2D eigenvalue weighted by atomic mass is 16.5. The average molecular weight is 132 g/mol. The fourth-order valence-corrected chi connectivity index (χ4v) is 0.676. The van der Waals surface area contributed by atoms with Gasteiger partial charge in [0, 0.05) is 0 Å². The minimum absolute atomic E-state index is 0.543. The molecule has 0 aromatic heterocycles. The second-order valence-corrected chi connectivity index (χ2v) is 1.74. The Morgan fingerprint density at radius 3 is 3.00 bits per heavy atom. The van der Waals surface area contributed by atoms with Gasteiger partial charge in [-0.15, -0.1) is 0 Å². The molecular weight excluding hydrogens is 126 g/mol. The fraction of sp³-hybridized carbons (Fsp3) is 0.125. The number of rotatable bonds is 1. The third kappa shape index (κ3) is 1.08. The van der Waals surface area contributed by atoms with E-state index in [4.69, 9.17) is 10.00 Å². The molecule has 0 unspecified atom stereocenters. The molecule has 0 fully saturated rings. The van der Waals surface area contributed by atoms with Gasteiger partial charge in [0.1, 0.15) is 11.8 Å². The molecule has 1 radical (unpaired) electrons. The van der Waals surface area contributed by atoms with E-state index < -0.39 is 0 Å². The van der Waals surface area contributed by atoms with Gasteiger partial charge in [-0.3, -0.25) is 0 Å². The highest BCUT2D eigenvalue weighted by molar-refractivity contribution is 5.41. The first-order valence-corrected chi connectivity index (χ1v) is 2.82. The lowest BCUT2D eigenvalue weighted by Crippen LogP contribution is -1.85. The zero-order valence-electron chi connectivity index (χ0n) is 5.59. The normalized spacial score (nSPS) is 8.40. The van der Waals surface area contributed by atoms with Gasteiger partial charge in [-0.25, -0.2) is 0 Å². The van der Waals surface area contributed by atoms with Crippen LogP contribution in [-0.4, -0.2) is 7.11 Å². The van der Waals surface area contributed by atoms with Crippen LogP contribution in [0.3, 0.4) is 0 Å². The second-order valence-electron chi connectivity index (χ2n) is 1.74. The molecule has 49 valence electrons. The Balaban J connectivity index is 3.12. The summed E-state index contributed by atoms with van der Waals surface area (Å²) in [5.41, 5.74) is 0.543. The summed E-state index contributed by atoms with van der Waals surface area (Å²) in [5.74, 6) is 0.574. The van der Waals surface area contributed by atoms with E-state index in [1.54, 1.807) is 18.2 Å². The van der Waals surface area contributed by atoms with Gasteiger partial charge >= 0.3 is 0 Å². The summed E-state index contributed by atoms with van der Waals surface area (Å²) in [5, 5.41) is 8.51. The third-order valence-corrected chi connectivity index (χ3v) is 1.17. The van der Waals surface area contributed by atoms with Crippen LogP contribution in [0.15, 0.2) is 18.2 Å². The van der Waals surface area contributed by atoms with E-state index >= 15 is 0 Å². The predicted octanol–water partition coefficient (Wildman–Crippen LogP) is 1.37. The van der Waals surface area contributed by atoms with Crippen molar-refractivity contribution in [3.63, 3.8) is 0 Å². The Hall–Kier alpha value is -1.49. The molecule has 0 saturated heterocycles. The Labute approximate surface area is 59.7 Å². The van der Waals surface area contributed by atoms with E-state index in [0.717, 1.165) is 0 Å². The first-order chi connectivity index (χ1) is 4.88. The van der Waals surface area contributed by atoms with Crippen LogP contribution in [0, 0.1) is 17.4 Å². The maximum absolute atomic E-state index is 8.51. The van der Waals surface area contributed by atoms with Crippen LogP contribution >= 0.6 is 0 Å². The van der Waals surface area contributed by atoms with Crippen molar-refractivity contribution in [1.29, 1.82) is 5.26 Å². The third-order valence-electron chi connectivity index (χ3n) is 1.17. The van der Waals surface area contributed by atoms with E-state index in [9.17, 15) is 0 Å². The molecular formula is C8H6NO. The van der Waals surface area contributed by atoms with Crippen LogP contribution in [0.5, 0.6) is 5.75 Å². The maximum Gasteiger partial charge on any atom is 0.137 e.